The van der Waals surface area contributed by atoms with Crippen LogP contribution in [0.15, 0.2) is 40.2 Å². The van der Waals surface area contributed by atoms with Crippen LogP contribution in [0.3, 0.4) is 0 Å². The SMILES string of the molecule is Cn1ccnc1-n1c(=O)[nH]c(=O)c2ccc(Cl)cc21. The smallest absolute Gasteiger partial charge is 0.320 e. The molecule has 3 rings (SSSR count). The van der Waals surface area contributed by atoms with Crippen LogP contribution in [-0.2, 0) is 7.05 Å². The van der Waals surface area contributed by atoms with E-state index in [9.17, 15) is 9.59 Å². The highest BCUT2D eigenvalue weighted by Gasteiger charge is 2.12. The number of hydrogen-bond donors (Lipinski definition) is 1. The fraction of sp³-hybridized carbons (Fsp3) is 0.0833. The van der Waals surface area contributed by atoms with Gasteiger partial charge in [0.25, 0.3) is 5.56 Å². The predicted molar refractivity (Wildman–Crippen MR) is 71.9 cm³/mol. The van der Waals surface area contributed by atoms with Gasteiger partial charge in [0.2, 0.25) is 5.95 Å². The van der Waals surface area contributed by atoms with E-state index in [0.29, 0.717) is 21.9 Å². The summed E-state index contributed by atoms with van der Waals surface area (Å²) in [6, 6.07) is 4.75. The summed E-state index contributed by atoms with van der Waals surface area (Å²) in [6.45, 7) is 0. The molecular formula is C12H9ClN4O2. The topological polar surface area (TPSA) is 72.7 Å². The van der Waals surface area contributed by atoms with E-state index < -0.39 is 11.2 Å². The number of imidazole rings is 1. The van der Waals surface area contributed by atoms with Crippen LogP contribution in [0, 0.1) is 0 Å². The Morgan fingerprint density at radius 2 is 2.11 bits per heavy atom. The number of nitrogens with zero attached hydrogens (tertiary/aromatic N) is 3. The van der Waals surface area contributed by atoms with Gasteiger partial charge in [0, 0.05) is 24.5 Å². The van der Waals surface area contributed by atoms with Gasteiger partial charge in [0.05, 0.1) is 10.9 Å². The van der Waals surface area contributed by atoms with Crippen LogP contribution in [-0.4, -0.2) is 19.1 Å². The highest BCUT2D eigenvalue weighted by molar-refractivity contribution is 6.31. The number of aryl methyl sites for hydroxylation is 1. The van der Waals surface area contributed by atoms with Gasteiger partial charge in [0.15, 0.2) is 0 Å². The van der Waals surface area contributed by atoms with Crippen LogP contribution < -0.4 is 11.2 Å². The predicted octanol–water partition coefficient (Wildman–Crippen LogP) is 1.07. The lowest BCUT2D eigenvalue weighted by Crippen LogP contribution is -2.30. The van der Waals surface area contributed by atoms with Crippen molar-refractivity contribution in [2.24, 2.45) is 7.05 Å². The zero-order valence-electron chi connectivity index (χ0n) is 9.92. The first-order valence-corrected chi connectivity index (χ1v) is 5.88. The maximum absolute atomic E-state index is 12.0. The van der Waals surface area contributed by atoms with E-state index in [4.69, 9.17) is 11.6 Å². The average Bonchev–Trinajstić information content (AvgIpc) is 2.75. The minimum Gasteiger partial charge on any atom is -0.320 e. The molecule has 2 heterocycles. The minimum atomic E-state index is -0.547. The number of aromatic amines is 1. The van der Waals surface area contributed by atoms with Gasteiger partial charge < -0.3 is 4.57 Å². The maximum atomic E-state index is 12.0. The molecule has 19 heavy (non-hydrogen) atoms. The Balaban J connectivity index is 2.55. The molecule has 0 amide bonds. The Morgan fingerprint density at radius 3 is 2.79 bits per heavy atom. The van der Waals surface area contributed by atoms with Gasteiger partial charge in [0.1, 0.15) is 0 Å². The highest BCUT2D eigenvalue weighted by Crippen LogP contribution is 2.17. The van der Waals surface area contributed by atoms with E-state index in [2.05, 4.69) is 9.97 Å². The van der Waals surface area contributed by atoms with E-state index in [1.807, 2.05) is 0 Å². The number of H-pyrrole nitrogens is 1. The van der Waals surface area contributed by atoms with Gasteiger partial charge in [-0.25, -0.2) is 14.3 Å². The van der Waals surface area contributed by atoms with Crippen molar-refractivity contribution in [3.63, 3.8) is 0 Å². The molecule has 1 N–H and O–H groups in total. The molecule has 1 aromatic carbocycles. The second kappa shape index (κ2) is 4.10. The molecular weight excluding hydrogens is 268 g/mol. The lowest BCUT2D eigenvalue weighted by molar-refractivity contribution is 0.794. The quantitative estimate of drug-likeness (QED) is 0.722. The summed E-state index contributed by atoms with van der Waals surface area (Å²) in [6.07, 6.45) is 3.28. The summed E-state index contributed by atoms with van der Waals surface area (Å²) >= 11 is 5.94. The van der Waals surface area contributed by atoms with Crippen molar-refractivity contribution in [1.82, 2.24) is 19.1 Å². The fourth-order valence-electron chi connectivity index (χ4n) is 1.98. The van der Waals surface area contributed by atoms with Crippen molar-refractivity contribution in [3.8, 4) is 5.95 Å². The van der Waals surface area contributed by atoms with Gasteiger partial charge >= 0.3 is 5.69 Å². The number of hydrogen-bond acceptors (Lipinski definition) is 3. The minimum absolute atomic E-state index is 0.381. The molecule has 0 aliphatic heterocycles. The molecule has 0 aliphatic carbocycles. The number of halogens is 1. The van der Waals surface area contributed by atoms with E-state index >= 15 is 0 Å². The monoisotopic (exact) mass is 276 g/mol. The molecule has 0 unspecified atom stereocenters. The number of benzene rings is 1. The molecule has 0 fully saturated rings. The molecule has 2 aromatic heterocycles. The van der Waals surface area contributed by atoms with Gasteiger partial charge in [-0.05, 0) is 18.2 Å². The van der Waals surface area contributed by atoms with Crippen LogP contribution in [0.2, 0.25) is 5.02 Å². The Hall–Kier alpha value is -2.34. The maximum Gasteiger partial charge on any atom is 0.335 e. The van der Waals surface area contributed by atoms with E-state index in [1.165, 1.54) is 4.57 Å². The zero-order valence-corrected chi connectivity index (χ0v) is 10.7. The molecule has 0 bridgehead atoms. The molecule has 0 aliphatic rings. The summed E-state index contributed by atoms with van der Waals surface area (Å²) < 4.78 is 3.00. The van der Waals surface area contributed by atoms with Gasteiger partial charge in [-0.15, -0.1) is 0 Å². The highest BCUT2D eigenvalue weighted by atomic mass is 35.5. The summed E-state index contributed by atoms with van der Waals surface area (Å²) in [7, 11) is 1.76. The van der Waals surface area contributed by atoms with Crippen LogP contribution >= 0.6 is 11.6 Å². The van der Waals surface area contributed by atoms with E-state index in [-0.39, 0.29) is 0 Å². The third-order valence-corrected chi connectivity index (χ3v) is 3.10. The Morgan fingerprint density at radius 1 is 1.32 bits per heavy atom. The molecule has 0 spiro atoms. The first kappa shape index (κ1) is 11.7. The average molecular weight is 277 g/mol. The lowest BCUT2D eigenvalue weighted by atomic mass is 10.2. The van der Waals surface area contributed by atoms with E-state index in [0.717, 1.165) is 0 Å². The van der Waals surface area contributed by atoms with Crippen molar-refractivity contribution in [3.05, 3.63) is 56.5 Å². The molecule has 3 aromatic rings. The van der Waals surface area contributed by atoms with Crippen LogP contribution in [0.1, 0.15) is 0 Å². The van der Waals surface area contributed by atoms with Crippen LogP contribution in [0.5, 0.6) is 0 Å². The van der Waals surface area contributed by atoms with Gasteiger partial charge in [-0.3, -0.25) is 9.78 Å². The van der Waals surface area contributed by atoms with Crippen molar-refractivity contribution < 1.29 is 0 Å². The number of nitrogens with one attached hydrogen (secondary N) is 1. The summed E-state index contributed by atoms with van der Waals surface area (Å²) in [5, 5.41) is 0.826. The van der Waals surface area contributed by atoms with Crippen LogP contribution in [0.4, 0.5) is 0 Å². The molecule has 96 valence electrons. The molecule has 0 radical (unpaired) electrons. The third kappa shape index (κ3) is 1.77. The number of rotatable bonds is 1. The summed E-state index contributed by atoms with van der Waals surface area (Å²) in [5.41, 5.74) is -0.563. The molecule has 0 saturated heterocycles. The van der Waals surface area contributed by atoms with Crippen molar-refractivity contribution in [1.29, 1.82) is 0 Å². The van der Waals surface area contributed by atoms with Crippen molar-refractivity contribution >= 4 is 22.5 Å². The molecule has 7 heteroatoms. The second-order valence-electron chi connectivity index (χ2n) is 4.09. The first-order chi connectivity index (χ1) is 9.08. The normalized spacial score (nSPS) is 11.1. The lowest BCUT2D eigenvalue weighted by Gasteiger charge is -2.08. The van der Waals surface area contributed by atoms with Gasteiger partial charge in [-0.2, -0.15) is 0 Å². The van der Waals surface area contributed by atoms with Gasteiger partial charge in [-0.1, -0.05) is 11.6 Å². The fourth-order valence-corrected chi connectivity index (χ4v) is 2.15. The van der Waals surface area contributed by atoms with Crippen LogP contribution in [0.25, 0.3) is 16.9 Å². The molecule has 0 saturated carbocycles. The second-order valence-corrected chi connectivity index (χ2v) is 4.53. The van der Waals surface area contributed by atoms with Crippen molar-refractivity contribution in [2.75, 3.05) is 0 Å². The largest absolute Gasteiger partial charge is 0.335 e. The molecule has 0 atom stereocenters. The Bertz CT molecular complexity index is 891. The third-order valence-electron chi connectivity index (χ3n) is 2.86. The number of fused-ring (bicyclic) bond motifs is 1. The van der Waals surface area contributed by atoms with E-state index in [1.54, 1.807) is 42.2 Å². The Kier molecular flexibility index (Phi) is 2.53. The zero-order chi connectivity index (χ0) is 13.6. The van der Waals surface area contributed by atoms with Crippen molar-refractivity contribution in [2.45, 2.75) is 0 Å². The summed E-state index contributed by atoms with van der Waals surface area (Å²) in [5.74, 6) is 0.411. The summed E-state index contributed by atoms with van der Waals surface area (Å²) in [4.78, 5) is 30.2. The Labute approximate surface area is 111 Å². The number of aromatic nitrogens is 4. The first-order valence-electron chi connectivity index (χ1n) is 5.50. The standard InChI is InChI=1S/C12H9ClN4O2/c1-16-5-4-14-11(16)17-9-6-7(13)2-3-8(9)10(18)15-12(17)19/h2-6H,1H3,(H,15,18,19). The molecule has 6 nitrogen and oxygen atoms in total.